The molecule has 2 aromatic rings. The van der Waals surface area contributed by atoms with Crippen LogP contribution in [0.4, 0.5) is 34.9 Å². The van der Waals surface area contributed by atoms with E-state index in [1.54, 1.807) is 0 Å². The molecule has 0 radical (unpaired) electrons. The van der Waals surface area contributed by atoms with Crippen molar-refractivity contribution in [3.8, 4) is 0 Å². The van der Waals surface area contributed by atoms with E-state index in [-0.39, 0.29) is 11.5 Å². The summed E-state index contributed by atoms with van der Waals surface area (Å²) in [5.74, 6) is -0.788. The highest BCUT2D eigenvalue weighted by atomic mass is 19.4. The van der Waals surface area contributed by atoms with Gasteiger partial charge in [0.15, 0.2) is 0 Å². The Morgan fingerprint density at radius 2 is 1.95 bits per heavy atom. The van der Waals surface area contributed by atoms with E-state index in [2.05, 4.69) is 15.3 Å². The minimum atomic E-state index is -4.76. The van der Waals surface area contributed by atoms with Gasteiger partial charge in [0.25, 0.3) is 0 Å². The molecule has 0 saturated carbocycles. The van der Waals surface area contributed by atoms with E-state index >= 15 is 0 Å². The summed E-state index contributed by atoms with van der Waals surface area (Å²) in [6, 6.07) is 2.64. The first kappa shape index (κ1) is 15.0. The highest BCUT2D eigenvalue weighted by molar-refractivity contribution is 5.64. The van der Waals surface area contributed by atoms with Crippen molar-refractivity contribution in [2.45, 2.75) is 19.5 Å². The molecule has 0 saturated heterocycles. The summed E-state index contributed by atoms with van der Waals surface area (Å²) in [7, 11) is 0. The van der Waals surface area contributed by atoms with Crippen LogP contribution in [0.15, 0.2) is 24.5 Å². The second-order valence-electron chi connectivity index (χ2n) is 4.26. The summed E-state index contributed by atoms with van der Waals surface area (Å²) in [5, 5.41) is 2.71. The molecule has 4 nitrogen and oxygen atoms in total. The quantitative estimate of drug-likeness (QED) is 0.851. The third-order valence-corrected chi connectivity index (χ3v) is 2.87. The molecule has 2 rings (SSSR count). The van der Waals surface area contributed by atoms with Gasteiger partial charge in [0.2, 0.25) is 0 Å². The van der Waals surface area contributed by atoms with Gasteiger partial charge in [-0.05, 0) is 24.6 Å². The molecule has 1 heterocycles. The molecule has 8 heteroatoms. The highest BCUT2D eigenvalue weighted by Gasteiger charge is 2.34. The number of halogens is 4. The molecule has 1 aromatic carbocycles. The Kier molecular flexibility index (Phi) is 3.97. The fourth-order valence-corrected chi connectivity index (χ4v) is 1.84. The monoisotopic (exact) mass is 300 g/mol. The summed E-state index contributed by atoms with van der Waals surface area (Å²) in [4.78, 5) is 7.75. The number of nitrogens with zero attached hydrogens (tertiary/aromatic N) is 2. The molecule has 112 valence electrons. The van der Waals surface area contributed by atoms with Crippen LogP contribution in [0.2, 0.25) is 0 Å². The van der Waals surface area contributed by atoms with Crippen LogP contribution in [-0.2, 0) is 12.6 Å². The zero-order valence-corrected chi connectivity index (χ0v) is 11.0. The number of benzene rings is 1. The molecule has 0 spiro atoms. The van der Waals surface area contributed by atoms with Gasteiger partial charge in [-0.2, -0.15) is 13.2 Å². The van der Waals surface area contributed by atoms with Crippen molar-refractivity contribution in [2.75, 3.05) is 11.1 Å². The molecule has 0 fully saturated rings. The fraction of sp³-hybridized carbons (Fsp3) is 0.231. The predicted molar refractivity (Wildman–Crippen MR) is 70.5 cm³/mol. The average Bonchev–Trinajstić information content (AvgIpc) is 2.40. The molecule has 1 aromatic heterocycles. The Labute approximate surface area is 118 Å². The van der Waals surface area contributed by atoms with Gasteiger partial charge in [0.05, 0.1) is 5.56 Å². The number of nitrogen functional groups attached to an aromatic ring is 1. The molecule has 0 aliphatic heterocycles. The minimum absolute atomic E-state index is 0.0662. The lowest BCUT2D eigenvalue weighted by molar-refractivity contribution is -0.139. The van der Waals surface area contributed by atoms with Crippen molar-refractivity contribution in [3.05, 3.63) is 41.5 Å². The van der Waals surface area contributed by atoms with E-state index in [0.717, 1.165) is 6.07 Å². The topological polar surface area (TPSA) is 63.8 Å². The average molecular weight is 300 g/mol. The molecule has 0 atom stereocenters. The van der Waals surface area contributed by atoms with E-state index in [1.807, 2.05) is 6.92 Å². The summed E-state index contributed by atoms with van der Waals surface area (Å²) in [6.45, 7) is 1.81. The van der Waals surface area contributed by atoms with Crippen LogP contribution in [-0.4, -0.2) is 9.97 Å². The maximum absolute atomic E-state index is 13.2. The highest BCUT2D eigenvalue weighted by Crippen LogP contribution is 2.34. The second kappa shape index (κ2) is 5.55. The van der Waals surface area contributed by atoms with Crippen molar-refractivity contribution in [1.82, 2.24) is 9.97 Å². The van der Waals surface area contributed by atoms with E-state index < -0.39 is 17.6 Å². The first-order valence-corrected chi connectivity index (χ1v) is 6.06. The molecule has 21 heavy (non-hydrogen) atoms. The third-order valence-electron chi connectivity index (χ3n) is 2.87. The maximum atomic E-state index is 13.2. The number of hydrogen-bond donors (Lipinski definition) is 2. The first-order chi connectivity index (χ1) is 9.82. The molecule has 0 aliphatic rings. The predicted octanol–water partition coefficient (Wildman–Crippen LogP) is 3.52. The number of nitrogens with one attached hydrogen (secondary N) is 1. The van der Waals surface area contributed by atoms with Gasteiger partial charge in [-0.25, -0.2) is 14.4 Å². The Bertz CT molecular complexity index is 655. The van der Waals surface area contributed by atoms with E-state index in [1.165, 1.54) is 12.4 Å². The fourth-order valence-electron chi connectivity index (χ4n) is 1.84. The van der Waals surface area contributed by atoms with Crippen LogP contribution in [0.3, 0.4) is 0 Å². The van der Waals surface area contributed by atoms with Gasteiger partial charge in [0.1, 0.15) is 23.8 Å². The van der Waals surface area contributed by atoms with Gasteiger partial charge < -0.3 is 11.1 Å². The molecular weight excluding hydrogens is 288 g/mol. The zero-order chi connectivity index (χ0) is 15.6. The van der Waals surface area contributed by atoms with Gasteiger partial charge in [0, 0.05) is 11.3 Å². The van der Waals surface area contributed by atoms with E-state index in [0.29, 0.717) is 23.9 Å². The molecule has 0 unspecified atom stereocenters. The van der Waals surface area contributed by atoms with Crippen LogP contribution in [0, 0.1) is 5.82 Å². The number of aromatic nitrogens is 2. The van der Waals surface area contributed by atoms with Crippen molar-refractivity contribution in [1.29, 1.82) is 0 Å². The van der Waals surface area contributed by atoms with Crippen molar-refractivity contribution in [3.63, 3.8) is 0 Å². The minimum Gasteiger partial charge on any atom is -0.383 e. The lowest BCUT2D eigenvalue weighted by Gasteiger charge is -2.13. The lowest BCUT2D eigenvalue weighted by Crippen LogP contribution is -2.09. The molecule has 3 N–H and O–H groups in total. The zero-order valence-electron chi connectivity index (χ0n) is 11.0. The molecule has 0 aliphatic carbocycles. The summed E-state index contributed by atoms with van der Waals surface area (Å²) >= 11 is 0. The normalized spacial score (nSPS) is 11.5. The Balaban J connectivity index is 2.39. The van der Waals surface area contributed by atoms with E-state index in [9.17, 15) is 17.6 Å². The standard InChI is InChI=1S/C13H12F4N4/c1-2-8-11(18)19-6-20-12(8)21-7-3-4-10(14)9(5-7)13(15,16)17/h3-6H,2H2,1H3,(H3,18,19,20,21). The van der Waals surface area contributed by atoms with Crippen LogP contribution >= 0.6 is 0 Å². The summed E-state index contributed by atoms with van der Waals surface area (Å²) < 4.78 is 51.2. The number of hydrogen-bond acceptors (Lipinski definition) is 4. The van der Waals surface area contributed by atoms with Gasteiger partial charge in [-0.15, -0.1) is 0 Å². The van der Waals surface area contributed by atoms with Crippen molar-refractivity contribution in [2.24, 2.45) is 0 Å². The first-order valence-electron chi connectivity index (χ1n) is 6.06. The second-order valence-corrected chi connectivity index (χ2v) is 4.26. The molecule has 0 amide bonds. The van der Waals surface area contributed by atoms with Gasteiger partial charge in [-0.3, -0.25) is 0 Å². The van der Waals surface area contributed by atoms with E-state index in [4.69, 9.17) is 5.73 Å². The van der Waals surface area contributed by atoms with Crippen LogP contribution in [0.25, 0.3) is 0 Å². The third kappa shape index (κ3) is 3.21. The molecular formula is C13H12F4N4. The Morgan fingerprint density at radius 1 is 1.24 bits per heavy atom. The van der Waals surface area contributed by atoms with Crippen molar-refractivity contribution < 1.29 is 17.6 Å². The Hall–Kier alpha value is -2.38. The van der Waals surface area contributed by atoms with Crippen molar-refractivity contribution >= 4 is 17.3 Å². The number of alkyl halides is 3. The smallest absolute Gasteiger partial charge is 0.383 e. The van der Waals surface area contributed by atoms with Crippen LogP contribution in [0.5, 0.6) is 0 Å². The summed E-state index contributed by atoms with van der Waals surface area (Å²) in [5.41, 5.74) is 4.98. The largest absolute Gasteiger partial charge is 0.419 e. The molecule has 0 bridgehead atoms. The SMILES string of the molecule is CCc1c(N)ncnc1Nc1ccc(F)c(C(F)(F)F)c1. The number of anilines is 3. The maximum Gasteiger partial charge on any atom is 0.419 e. The number of nitrogens with two attached hydrogens (primary N) is 1. The lowest BCUT2D eigenvalue weighted by atomic mass is 10.1. The number of rotatable bonds is 3. The Morgan fingerprint density at radius 3 is 2.57 bits per heavy atom. The van der Waals surface area contributed by atoms with Crippen LogP contribution < -0.4 is 11.1 Å². The van der Waals surface area contributed by atoms with Gasteiger partial charge >= 0.3 is 6.18 Å². The summed E-state index contributed by atoms with van der Waals surface area (Å²) in [6.07, 6.45) is -3.06. The van der Waals surface area contributed by atoms with Gasteiger partial charge in [-0.1, -0.05) is 6.92 Å². The van der Waals surface area contributed by atoms with Crippen LogP contribution in [0.1, 0.15) is 18.1 Å².